The van der Waals surface area contributed by atoms with Crippen LogP contribution in [-0.2, 0) is 13.0 Å². The zero-order chi connectivity index (χ0) is 19.2. The lowest BCUT2D eigenvalue weighted by atomic mass is 10.1. The number of urea groups is 1. The Morgan fingerprint density at radius 3 is 2.63 bits per heavy atom. The fraction of sp³-hybridized carbons (Fsp3) is 0.250. The Morgan fingerprint density at radius 1 is 1.15 bits per heavy atom. The number of hydrogen-bond acceptors (Lipinski definition) is 3. The predicted octanol–water partition coefficient (Wildman–Crippen LogP) is 3.07. The highest BCUT2D eigenvalue weighted by molar-refractivity contribution is 5.73. The fourth-order valence-electron chi connectivity index (χ4n) is 2.76. The first-order valence-electron chi connectivity index (χ1n) is 8.76. The second-order valence-corrected chi connectivity index (χ2v) is 6.31. The summed E-state index contributed by atoms with van der Waals surface area (Å²) in [6.07, 6.45) is 2.16. The molecule has 3 aromatic rings. The molecule has 2 aromatic heterocycles. The Bertz CT molecular complexity index is 920. The number of rotatable bonds is 6. The van der Waals surface area contributed by atoms with E-state index in [0.29, 0.717) is 25.1 Å². The van der Waals surface area contributed by atoms with Crippen LogP contribution >= 0.6 is 0 Å². The van der Waals surface area contributed by atoms with Gasteiger partial charge in [-0.2, -0.15) is 5.10 Å². The molecular formula is C20H22FN5O. The summed E-state index contributed by atoms with van der Waals surface area (Å²) in [5.74, 6) is 0.479. The van der Waals surface area contributed by atoms with Crippen molar-refractivity contribution in [3.8, 4) is 5.82 Å². The molecule has 0 saturated carbocycles. The van der Waals surface area contributed by atoms with Gasteiger partial charge in [-0.15, -0.1) is 0 Å². The van der Waals surface area contributed by atoms with Gasteiger partial charge in [-0.1, -0.05) is 24.3 Å². The summed E-state index contributed by atoms with van der Waals surface area (Å²) < 4.78 is 15.3. The monoisotopic (exact) mass is 367 g/mol. The van der Waals surface area contributed by atoms with Gasteiger partial charge in [0.15, 0.2) is 5.82 Å². The first-order valence-corrected chi connectivity index (χ1v) is 8.76. The lowest BCUT2D eigenvalue weighted by Crippen LogP contribution is -2.36. The zero-order valence-electron chi connectivity index (χ0n) is 15.4. The van der Waals surface area contributed by atoms with Crippen LogP contribution in [0.25, 0.3) is 5.82 Å². The standard InChI is InChI=1S/C20H22FN5O/c1-14-11-15(2)26(25-14)19-8-7-16(12-23-19)13-24-20(27)22-10-9-17-5-3-4-6-18(17)21/h3-8,11-12H,9-10,13H2,1-2H3,(H2,22,24,27). The zero-order valence-corrected chi connectivity index (χ0v) is 15.4. The molecule has 0 aliphatic heterocycles. The number of aromatic nitrogens is 3. The normalized spacial score (nSPS) is 10.6. The smallest absolute Gasteiger partial charge is 0.315 e. The number of carbonyl (C=O) groups excluding carboxylic acids is 1. The van der Waals surface area contributed by atoms with Crippen LogP contribution < -0.4 is 10.6 Å². The van der Waals surface area contributed by atoms with Crippen molar-refractivity contribution in [3.05, 3.63) is 77.0 Å². The van der Waals surface area contributed by atoms with Crippen molar-refractivity contribution in [2.45, 2.75) is 26.8 Å². The minimum absolute atomic E-state index is 0.256. The van der Waals surface area contributed by atoms with E-state index in [4.69, 9.17) is 0 Å². The minimum Gasteiger partial charge on any atom is -0.338 e. The highest BCUT2D eigenvalue weighted by atomic mass is 19.1. The van der Waals surface area contributed by atoms with Crippen molar-refractivity contribution in [3.63, 3.8) is 0 Å². The number of benzene rings is 1. The summed E-state index contributed by atoms with van der Waals surface area (Å²) in [5.41, 5.74) is 3.42. The number of nitrogens with one attached hydrogen (secondary N) is 2. The predicted molar refractivity (Wildman–Crippen MR) is 101 cm³/mol. The second kappa shape index (κ2) is 8.44. The van der Waals surface area contributed by atoms with Crippen LogP contribution in [-0.4, -0.2) is 27.3 Å². The topological polar surface area (TPSA) is 71.8 Å². The van der Waals surface area contributed by atoms with Gasteiger partial charge >= 0.3 is 6.03 Å². The number of carbonyl (C=O) groups is 1. The number of halogens is 1. The van der Waals surface area contributed by atoms with Gasteiger partial charge in [0.05, 0.1) is 5.69 Å². The molecule has 0 unspecified atom stereocenters. The van der Waals surface area contributed by atoms with Crippen molar-refractivity contribution in [1.82, 2.24) is 25.4 Å². The van der Waals surface area contributed by atoms with Gasteiger partial charge < -0.3 is 10.6 Å². The maximum absolute atomic E-state index is 13.5. The van der Waals surface area contributed by atoms with Crippen LogP contribution in [0.2, 0.25) is 0 Å². The maximum Gasteiger partial charge on any atom is 0.315 e. The number of aryl methyl sites for hydroxylation is 2. The van der Waals surface area contributed by atoms with E-state index in [1.807, 2.05) is 32.0 Å². The van der Waals surface area contributed by atoms with E-state index in [2.05, 4.69) is 20.7 Å². The van der Waals surface area contributed by atoms with Gasteiger partial charge in [0.2, 0.25) is 0 Å². The van der Waals surface area contributed by atoms with E-state index in [-0.39, 0.29) is 11.8 Å². The molecule has 2 heterocycles. The van der Waals surface area contributed by atoms with Gasteiger partial charge in [0, 0.05) is 25.0 Å². The summed E-state index contributed by atoms with van der Waals surface area (Å²) in [6.45, 7) is 4.63. The lowest BCUT2D eigenvalue weighted by Gasteiger charge is -2.09. The number of nitrogens with zero attached hydrogens (tertiary/aromatic N) is 3. The third kappa shape index (κ3) is 4.91. The molecule has 0 aliphatic carbocycles. The average Bonchev–Trinajstić information content (AvgIpc) is 3.00. The van der Waals surface area contributed by atoms with Crippen LogP contribution in [0.15, 0.2) is 48.7 Å². The molecule has 7 heteroatoms. The van der Waals surface area contributed by atoms with Crippen molar-refractivity contribution < 1.29 is 9.18 Å². The van der Waals surface area contributed by atoms with Crippen molar-refractivity contribution in [1.29, 1.82) is 0 Å². The van der Waals surface area contributed by atoms with Crippen LogP contribution in [0.3, 0.4) is 0 Å². The highest BCUT2D eigenvalue weighted by Crippen LogP contribution is 2.10. The Balaban J connectivity index is 1.46. The minimum atomic E-state index is -0.297. The molecule has 27 heavy (non-hydrogen) atoms. The molecule has 0 fully saturated rings. The van der Waals surface area contributed by atoms with Gasteiger partial charge in [0.25, 0.3) is 0 Å². The molecule has 140 valence electrons. The number of pyridine rings is 1. The molecule has 0 aliphatic rings. The van der Waals surface area contributed by atoms with Gasteiger partial charge in [-0.05, 0) is 49.6 Å². The molecule has 1 aromatic carbocycles. The van der Waals surface area contributed by atoms with E-state index in [1.165, 1.54) is 6.07 Å². The molecule has 0 atom stereocenters. The van der Waals surface area contributed by atoms with Crippen LogP contribution in [0.5, 0.6) is 0 Å². The van der Waals surface area contributed by atoms with E-state index < -0.39 is 0 Å². The van der Waals surface area contributed by atoms with E-state index >= 15 is 0 Å². The summed E-state index contributed by atoms with van der Waals surface area (Å²) >= 11 is 0. The van der Waals surface area contributed by atoms with E-state index in [0.717, 1.165) is 22.8 Å². The third-order valence-corrected chi connectivity index (χ3v) is 4.13. The van der Waals surface area contributed by atoms with Crippen LogP contribution in [0.1, 0.15) is 22.5 Å². The molecule has 3 rings (SSSR count). The van der Waals surface area contributed by atoms with Gasteiger partial charge in [-0.25, -0.2) is 18.9 Å². The SMILES string of the molecule is Cc1cc(C)n(-c2ccc(CNC(=O)NCCc3ccccc3F)cn2)n1. The summed E-state index contributed by atoms with van der Waals surface area (Å²) in [7, 11) is 0. The first kappa shape index (κ1) is 18.6. The summed E-state index contributed by atoms with van der Waals surface area (Å²) in [6, 6.07) is 12.0. The fourth-order valence-corrected chi connectivity index (χ4v) is 2.76. The average molecular weight is 367 g/mol. The van der Waals surface area contributed by atoms with Crippen molar-refractivity contribution in [2.24, 2.45) is 0 Å². The molecular weight excluding hydrogens is 345 g/mol. The molecule has 0 radical (unpaired) electrons. The van der Waals surface area contributed by atoms with Gasteiger partial charge in [-0.3, -0.25) is 0 Å². The van der Waals surface area contributed by atoms with Crippen molar-refractivity contribution >= 4 is 6.03 Å². The lowest BCUT2D eigenvalue weighted by molar-refractivity contribution is 0.240. The van der Waals surface area contributed by atoms with Crippen LogP contribution in [0, 0.1) is 19.7 Å². The van der Waals surface area contributed by atoms with E-state index in [9.17, 15) is 9.18 Å². The van der Waals surface area contributed by atoms with Crippen LogP contribution in [0.4, 0.5) is 9.18 Å². The largest absolute Gasteiger partial charge is 0.338 e. The molecule has 2 amide bonds. The second-order valence-electron chi connectivity index (χ2n) is 6.31. The molecule has 0 saturated heterocycles. The summed E-state index contributed by atoms with van der Waals surface area (Å²) in [4.78, 5) is 16.3. The number of hydrogen-bond donors (Lipinski definition) is 2. The quantitative estimate of drug-likeness (QED) is 0.703. The van der Waals surface area contributed by atoms with Crippen molar-refractivity contribution in [2.75, 3.05) is 6.54 Å². The highest BCUT2D eigenvalue weighted by Gasteiger charge is 2.06. The first-order chi connectivity index (χ1) is 13.0. The Morgan fingerprint density at radius 2 is 1.96 bits per heavy atom. The maximum atomic E-state index is 13.5. The van der Waals surface area contributed by atoms with E-state index in [1.54, 1.807) is 29.1 Å². The summed E-state index contributed by atoms with van der Waals surface area (Å²) in [5, 5.41) is 9.89. The number of amides is 2. The Hall–Kier alpha value is -3.22. The Labute approximate surface area is 157 Å². The molecule has 6 nitrogen and oxygen atoms in total. The third-order valence-electron chi connectivity index (χ3n) is 4.13. The molecule has 2 N–H and O–H groups in total. The Kier molecular flexibility index (Phi) is 5.80. The molecule has 0 spiro atoms. The van der Waals surface area contributed by atoms with Gasteiger partial charge in [0.1, 0.15) is 5.82 Å². The molecule has 0 bridgehead atoms.